The Morgan fingerprint density at radius 3 is 2.17 bits per heavy atom. The Bertz CT molecular complexity index is 459. The molecule has 2 radical (unpaired) electrons. The average molecular weight is 364 g/mol. The first-order chi connectivity index (χ1) is 11.0. The Kier molecular flexibility index (Phi) is 7.52. The van der Waals surface area contributed by atoms with Gasteiger partial charge in [-0.25, -0.2) is 0 Å². The van der Waals surface area contributed by atoms with Crippen LogP contribution >= 0.6 is 7.60 Å². The van der Waals surface area contributed by atoms with Crippen LogP contribution in [0, 0.1) is 0 Å². The predicted molar refractivity (Wildman–Crippen MR) is 91.0 cm³/mol. The van der Waals surface area contributed by atoms with Crippen molar-refractivity contribution >= 4 is 15.4 Å². The van der Waals surface area contributed by atoms with Gasteiger partial charge in [0.25, 0.3) is 0 Å². The third-order valence-corrected chi connectivity index (χ3v) is 7.40. The van der Waals surface area contributed by atoms with E-state index in [0.29, 0.717) is 6.42 Å². The van der Waals surface area contributed by atoms with Gasteiger partial charge in [0.15, 0.2) is 5.34 Å². The Hall–Kier alpha value is 0.0549. The molecule has 140 valence electrons. The van der Waals surface area contributed by atoms with Gasteiger partial charge in [0.2, 0.25) is 0 Å². The molecule has 1 rings (SSSR count). The van der Waals surface area contributed by atoms with Crippen LogP contribution in [0.2, 0.25) is 0 Å². The van der Waals surface area contributed by atoms with Gasteiger partial charge in [-0.3, -0.25) is 4.57 Å². The van der Waals surface area contributed by atoms with Crippen molar-refractivity contribution in [2.45, 2.75) is 88.6 Å². The summed E-state index contributed by atoms with van der Waals surface area (Å²) in [6, 6.07) is -0.778. The lowest BCUT2D eigenvalue weighted by atomic mass is 9.89. The van der Waals surface area contributed by atoms with E-state index in [1.165, 1.54) is 7.11 Å². The standard InChI is InChI=1S/C15H30BO7P/c1-6-14(4,23-24(19,20)15(18,7-2)8-3)9-10-11(17)12(21-5)13(16)22-10/h10-13,17-18H,6-9H2,1-5H3,(H,19,20)/t10-,11-,12-,13-,14-/m1/s1. The van der Waals surface area contributed by atoms with Gasteiger partial charge in [0.1, 0.15) is 20.1 Å². The molecule has 1 heterocycles. The molecular weight excluding hydrogens is 334 g/mol. The van der Waals surface area contributed by atoms with E-state index in [-0.39, 0.29) is 19.3 Å². The van der Waals surface area contributed by atoms with Gasteiger partial charge < -0.3 is 29.1 Å². The molecule has 0 aliphatic carbocycles. The molecule has 7 nitrogen and oxygen atoms in total. The summed E-state index contributed by atoms with van der Waals surface area (Å²) < 4.78 is 28.8. The third kappa shape index (κ3) is 4.42. The number of ether oxygens (including phenoxy) is 2. The maximum atomic E-state index is 12.6. The summed E-state index contributed by atoms with van der Waals surface area (Å²) in [6.45, 7) is 6.71. The van der Waals surface area contributed by atoms with Crippen LogP contribution in [0.1, 0.15) is 53.4 Å². The first-order valence-electron chi connectivity index (χ1n) is 8.37. The highest BCUT2D eigenvalue weighted by Crippen LogP contribution is 2.60. The molecule has 0 aromatic heterocycles. The molecule has 0 aromatic carbocycles. The normalized spacial score (nSPS) is 33.2. The molecule has 0 bridgehead atoms. The number of aliphatic hydroxyl groups is 2. The van der Waals surface area contributed by atoms with Crippen LogP contribution in [0.5, 0.6) is 0 Å². The van der Waals surface area contributed by atoms with Crippen LogP contribution < -0.4 is 0 Å². The fourth-order valence-corrected chi connectivity index (χ4v) is 4.68. The number of hydrogen-bond acceptors (Lipinski definition) is 6. The molecule has 0 saturated carbocycles. The molecule has 1 aliphatic rings. The third-order valence-electron chi connectivity index (χ3n) is 5.03. The minimum absolute atomic E-state index is 0.0935. The lowest BCUT2D eigenvalue weighted by Gasteiger charge is -2.38. The number of methoxy groups -OCH3 is 1. The van der Waals surface area contributed by atoms with Gasteiger partial charge in [-0.1, -0.05) is 20.8 Å². The van der Waals surface area contributed by atoms with Gasteiger partial charge in [0.05, 0.1) is 11.7 Å². The van der Waals surface area contributed by atoms with Crippen molar-refractivity contribution in [1.82, 2.24) is 0 Å². The highest BCUT2D eigenvalue weighted by Gasteiger charge is 2.50. The first-order valence-corrected chi connectivity index (χ1v) is 9.94. The quantitative estimate of drug-likeness (QED) is 0.421. The zero-order valence-corrected chi connectivity index (χ0v) is 16.0. The largest absolute Gasteiger partial charge is 0.388 e. The fourth-order valence-electron chi connectivity index (χ4n) is 2.91. The van der Waals surface area contributed by atoms with Gasteiger partial charge in [-0.15, -0.1) is 0 Å². The SMILES string of the molecule is [B][C@@H]1O[C@H](C[C@@](C)(CC)OP(=O)(O)C(O)(CC)CC)[C@@H](O)[C@H]1OC. The molecule has 0 amide bonds. The maximum absolute atomic E-state index is 12.6. The van der Waals surface area contributed by atoms with E-state index < -0.39 is 42.9 Å². The monoisotopic (exact) mass is 364 g/mol. The molecule has 9 heteroatoms. The van der Waals surface area contributed by atoms with Gasteiger partial charge >= 0.3 is 7.60 Å². The van der Waals surface area contributed by atoms with Gasteiger partial charge in [0, 0.05) is 19.5 Å². The number of hydrogen-bond donors (Lipinski definition) is 3. The van der Waals surface area contributed by atoms with E-state index in [1.807, 2.05) is 0 Å². The summed E-state index contributed by atoms with van der Waals surface area (Å²) in [6.07, 6.45) is -1.60. The summed E-state index contributed by atoms with van der Waals surface area (Å²) in [4.78, 5) is 10.3. The minimum atomic E-state index is -4.31. The van der Waals surface area contributed by atoms with Crippen molar-refractivity contribution in [2.24, 2.45) is 0 Å². The fraction of sp³-hybridized carbons (Fsp3) is 1.00. The zero-order valence-electron chi connectivity index (χ0n) is 15.1. The van der Waals surface area contributed by atoms with Crippen molar-refractivity contribution in [2.75, 3.05) is 7.11 Å². The van der Waals surface area contributed by atoms with Crippen molar-refractivity contribution in [1.29, 1.82) is 0 Å². The van der Waals surface area contributed by atoms with Gasteiger partial charge in [-0.05, 0) is 26.2 Å². The summed E-state index contributed by atoms with van der Waals surface area (Å²) in [5, 5.41) is 18.9. The molecule has 0 aromatic rings. The second-order valence-electron chi connectivity index (χ2n) is 6.64. The van der Waals surface area contributed by atoms with Crippen LogP contribution in [0.15, 0.2) is 0 Å². The average Bonchev–Trinajstić information content (AvgIpc) is 2.78. The Morgan fingerprint density at radius 1 is 1.25 bits per heavy atom. The summed E-state index contributed by atoms with van der Waals surface area (Å²) in [7, 11) is 2.90. The van der Waals surface area contributed by atoms with Crippen LogP contribution in [-0.4, -0.2) is 65.3 Å². The lowest BCUT2D eigenvalue weighted by Crippen LogP contribution is -2.41. The molecule has 3 N–H and O–H groups in total. The smallest absolute Gasteiger partial charge is 0.359 e. The minimum Gasteiger partial charge on any atom is -0.388 e. The van der Waals surface area contributed by atoms with Crippen molar-refractivity contribution in [3.63, 3.8) is 0 Å². The highest BCUT2D eigenvalue weighted by atomic mass is 31.2. The molecule has 1 saturated heterocycles. The van der Waals surface area contributed by atoms with E-state index in [2.05, 4.69) is 0 Å². The lowest BCUT2D eigenvalue weighted by molar-refractivity contribution is -0.0473. The Balaban J connectivity index is 2.93. The maximum Gasteiger partial charge on any atom is 0.359 e. The van der Waals surface area contributed by atoms with Crippen molar-refractivity contribution in [3.05, 3.63) is 0 Å². The van der Waals surface area contributed by atoms with Crippen LogP contribution in [0.25, 0.3) is 0 Å². The van der Waals surface area contributed by atoms with Crippen molar-refractivity contribution in [3.8, 4) is 0 Å². The Morgan fingerprint density at radius 2 is 1.79 bits per heavy atom. The van der Waals surface area contributed by atoms with Crippen LogP contribution in [0.3, 0.4) is 0 Å². The van der Waals surface area contributed by atoms with E-state index in [0.717, 1.165) is 0 Å². The highest BCUT2D eigenvalue weighted by molar-refractivity contribution is 7.54. The molecule has 6 atom stereocenters. The second-order valence-corrected chi connectivity index (χ2v) is 8.69. The first kappa shape index (κ1) is 22.1. The van der Waals surface area contributed by atoms with Crippen LogP contribution in [0.4, 0.5) is 0 Å². The molecule has 24 heavy (non-hydrogen) atoms. The van der Waals surface area contributed by atoms with Crippen molar-refractivity contribution < 1.29 is 33.7 Å². The summed E-state index contributed by atoms with van der Waals surface area (Å²) in [5.41, 5.74) is -1.07. The van der Waals surface area contributed by atoms with E-state index in [9.17, 15) is 19.7 Å². The van der Waals surface area contributed by atoms with E-state index in [1.54, 1.807) is 27.7 Å². The molecular formula is C15H30BO7P. The molecule has 1 aliphatic heterocycles. The molecule has 1 unspecified atom stereocenters. The number of aliphatic hydroxyl groups excluding tert-OH is 1. The predicted octanol–water partition coefficient (Wildman–Crippen LogP) is 1.53. The van der Waals surface area contributed by atoms with E-state index in [4.69, 9.17) is 21.8 Å². The molecule has 0 spiro atoms. The second kappa shape index (κ2) is 8.17. The molecule has 1 fully saturated rings. The Labute approximate surface area is 145 Å². The summed E-state index contributed by atoms with van der Waals surface area (Å²) in [5.74, 6) is 0. The number of rotatable bonds is 9. The van der Waals surface area contributed by atoms with Crippen LogP contribution in [-0.2, 0) is 18.6 Å². The zero-order chi connectivity index (χ0) is 18.8. The van der Waals surface area contributed by atoms with E-state index >= 15 is 0 Å². The van der Waals surface area contributed by atoms with Gasteiger partial charge in [-0.2, -0.15) is 0 Å². The topological polar surface area (TPSA) is 105 Å². The summed E-state index contributed by atoms with van der Waals surface area (Å²) >= 11 is 0.